The van der Waals surface area contributed by atoms with E-state index in [-0.39, 0.29) is 24.0 Å². The lowest BCUT2D eigenvalue weighted by Crippen LogP contribution is -2.26. The quantitative estimate of drug-likeness (QED) is 0.608. The second kappa shape index (κ2) is 4.77. The fourth-order valence-electron chi connectivity index (χ4n) is 1.87. The largest absolute Gasteiger partial charge is 0.302 e. The van der Waals surface area contributed by atoms with Crippen LogP contribution in [0.2, 0.25) is 5.15 Å². The predicted molar refractivity (Wildman–Crippen MR) is 62.4 cm³/mol. The summed E-state index contributed by atoms with van der Waals surface area (Å²) < 4.78 is 33.7. The van der Waals surface area contributed by atoms with E-state index in [1.165, 1.54) is 17.3 Å². The van der Waals surface area contributed by atoms with Gasteiger partial charge in [-0.3, -0.25) is 9.69 Å². The first kappa shape index (κ1) is 13.2. The highest BCUT2D eigenvalue weighted by molar-refractivity contribution is 7.86. The van der Waals surface area contributed by atoms with Crippen LogP contribution in [0.1, 0.15) is 6.42 Å². The van der Waals surface area contributed by atoms with Crippen LogP contribution in [0.5, 0.6) is 0 Å². The lowest BCUT2D eigenvalue weighted by Gasteiger charge is -2.14. The van der Waals surface area contributed by atoms with E-state index < -0.39 is 21.9 Å². The summed E-state index contributed by atoms with van der Waals surface area (Å²) in [6, 6.07) is 1.39. The molecule has 1 aromatic rings. The third-order valence-corrected chi connectivity index (χ3v) is 3.61. The highest BCUT2D eigenvalue weighted by Gasteiger charge is 2.34. The molecule has 1 unspecified atom stereocenters. The Labute approximate surface area is 108 Å². The fraction of sp³-hybridized carbons (Fsp3) is 0.444. The Bertz CT molecular complexity index is 580. The molecule has 1 atom stereocenters. The van der Waals surface area contributed by atoms with Crippen molar-refractivity contribution in [2.45, 2.75) is 6.42 Å². The summed E-state index contributed by atoms with van der Waals surface area (Å²) >= 11 is 5.67. The van der Waals surface area contributed by atoms with Gasteiger partial charge in [-0.2, -0.15) is 8.42 Å². The first-order valence-corrected chi connectivity index (χ1v) is 6.98. The van der Waals surface area contributed by atoms with Gasteiger partial charge < -0.3 is 0 Å². The molecule has 1 aromatic heterocycles. The van der Waals surface area contributed by atoms with Gasteiger partial charge in [-0.25, -0.2) is 9.97 Å². The van der Waals surface area contributed by atoms with Crippen LogP contribution in [-0.4, -0.2) is 36.6 Å². The Hall–Kier alpha value is -1.28. The molecule has 0 radical (unpaired) electrons. The van der Waals surface area contributed by atoms with Gasteiger partial charge in [-0.15, -0.1) is 3.89 Å². The Kier molecular flexibility index (Phi) is 3.49. The number of rotatable bonds is 3. The van der Waals surface area contributed by atoms with Gasteiger partial charge in [0, 0.05) is 24.9 Å². The number of aromatic nitrogens is 2. The van der Waals surface area contributed by atoms with Crippen molar-refractivity contribution in [2.24, 2.45) is 5.92 Å². The lowest BCUT2D eigenvalue weighted by atomic mass is 10.1. The zero-order chi connectivity index (χ0) is 13.3. The maximum absolute atomic E-state index is 12.6. The number of hydrogen-bond donors (Lipinski definition) is 0. The molecule has 98 valence electrons. The summed E-state index contributed by atoms with van der Waals surface area (Å²) in [6.07, 6.45) is 1.18. The van der Waals surface area contributed by atoms with Crippen LogP contribution in [-0.2, 0) is 15.0 Å². The lowest BCUT2D eigenvalue weighted by molar-refractivity contribution is -0.117. The Morgan fingerprint density at radius 3 is 2.83 bits per heavy atom. The minimum Gasteiger partial charge on any atom is -0.296 e. The normalized spacial score (nSPS) is 20.4. The Morgan fingerprint density at radius 2 is 2.22 bits per heavy atom. The van der Waals surface area contributed by atoms with Gasteiger partial charge in [0.05, 0.1) is 5.75 Å². The molecule has 0 bridgehead atoms. The van der Waals surface area contributed by atoms with Gasteiger partial charge in [0.15, 0.2) is 0 Å². The standard InChI is InChI=1S/C9H9ClFN3O3S/c10-7-2-8(13-5-12-7)14-3-6(1-9(14)15)4-18(11,16)17/h2,5-6H,1,3-4H2. The molecule has 0 aromatic carbocycles. The molecule has 9 heteroatoms. The van der Waals surface area contributed by atoms with Gasteiger partial charge >= 0.3 is 10.2 Å². The molecule has 18 heavy (non-hydrogen) atoms. The maximum Gasteiger partial charge on any atom is 0.302 e. The van der Waals surface area contributed by atoms with Crippen LogP contribution in [0, 0.1) is 5.92 Å². The molecule has 1 aliphatic heterocycles. The topological polar surface area (TPSA) is 80.2 Å². The number of amides is 1. The minimum absolute atomic E-state index is 0.0230. The van der Waals surface area contributed by atoms with E-state index in [0.717, 1.165) is 0 Å². The van der Waals surface area contributed by atoms with Crippen molar-refractivity contribution in [3.8, 4) is 0 Å². The van der Waals surface area contributed by atoms with Gasteiger partial charge in [0.1, 0.15) is 17.3 Å². The van der Waals surface area contributed by atoms with Crippen LogP contribution < -0.4 is 4.90 Å². The summed E-state index contributed by atoms with van der Waals surface area (Å²) in [5, 5.41) is 0.175. The molecule has 0 aliphatic carbocycles. The van der Waals surface area contributed by atoms with E-state index in [0.29, 0.717) is 5.82 Å². The molecule has 2 heterocycles. The summed E-state index contributed by atoms with van der Waals surface area (Å²) in [6.45, 7) is 0.106. The maximum atomic E-state index is 12.6. The number of carbonyl (C=O) groups excluding carboxylic acids is 1. The van der Waals surface area contributed by atoms with Crippen LogP contribution >= 0.6 is 11.6 Å². The van der Waals surface area contributed by atoms with Crippen LogP contribution in [0.25, 0.3) is 0 Å². The highest BCUT2D eigenvalue weighted by Crippen LogP contribution is 2.25. The summed E-state index contributed by atoms with van der Waals surface area (Å²) in [7, 11) is -4.58. The van der Waals surface area contributed by atoms with Crippen LogP contribution in [0.15, 0.2) is 12.4 Å². The van der Waals surface area contributed by atoms with Crippen LogP contribution in [0.4, 0.5) is 9.70 Å². The predicted octanol–water partition coefficient (Wildman–Crippen LogP) is 0.782. The number of nitrogens with zero attached hydrogens (tertiary/aromatic N) is 3. The third kappa shape index (κ3) is 3.14. The molecule has 1 fully saturated rings. The average molecular weight is 294 g/mol. The SMILES string of the molecule is O=C1CC(CS(=O)(=O)F)CN1c1cc(Cl)ncn1. The molecular weight excluding hydrogens is 285 g/mol. The zero-order valence-corrected chi connectivity index (χ0v) is 10.7. The average Bonchev–Trinajstić information content (AvgIpc) is 2.56. The molecule has 0 saturated carbocycles. The van der Waals surface area contributed by atoms with Crippen molar-refractivity contribution >= 4 is 33.5 Å². The van der Waals surface area contributed by atoms with Gasteiger partial charge in [-0.05, 0) is 0 Å². The van der Waals surface area contributed by atoms with Crippen molar-refractivity contribution in [3.05, 3.63) is 17.5 Å². The molecular formula is C9H9ClFN3O3S. The minimum atomic E-state index is -4.58. The van der Waals surface area contributed by atoms with Crippen molar-refractivity contribution in [1.29, 1.82) is 0 Å². The fourth-order valence-corrected chi connectivity index (χ4v) is 2.80. The molecule has 0 N–H and O–H groups in total. The van der Waals surface area contributed by atoms with E-state index in [9.17, 15) is 17.1 Å². The second-order valence-electron chi connectivity index (χ2n) is 3.98. The molecule has 1 amide bonds. The van der Waals surface area contributed by atoms with Crippen molar-refractivity contribution in [3.63, 3.8) is 0 Å². The van der Waals surface area contributed by atoms with Crippen molar-refractivity contribution < 1.29 is 17.1 Å². The third-order valence-electron chi connectivity index (χ3n) is 2.54. The molecule has 2 rings (SSSR count). The highest BCUT2D eigenvalue weighted by atomic mass is 35.5. The number of halogens is 2. The van der Waals surface area contributed by atoms with Gasteiger partial charge in [0.25, 0.3) is 0 Å². The zero-order valence-electron chi connectivity index (χ0n) is 9.08. The summed E-state index contributed by atoms with van der Waals surface area (Å²) in [4.78, 5) is 20.5. The number of hydrogen-bond acceptors (Lipinski definition) is 5. The van der Waals surface area contributed by atoms with E-state index in [2.05, 4.69) is 9.97 Å². The van der Waals surface area contributed by atoms with E-state index in [1.807, 2.05) is 0 Å². The van der Waals surface area contributed by atoms with Crippen LogP contribution in [0.3, 0.4) is 0 Å². The van der Waals surface area contributed by atoms with Crippen molar-refractivity contribution in [1.82, 2.24) is 9.97 Å². The number of carbonyl (C=O) groups is 1. The van der Waals surface area contributed by atoms with E-state index in [4.69, 9.17) is 11.6 Å². The summed E-state index contributed by atoms with van der Waals surface area (Å²) in [5.74, 6) is -1.24. The molecule has 6 nitrogen and oxygen atoms in total. The summed E-state index contributed by atoms with van der Waals surface area (Å²) in [5.41, 5.74) is 0. The smallest absolute Gasteiger partial charge is 0.296 e. The van der Waals surface area contributed by atoms with Gasteiger partial charge in [0.2, 0.25) is 5.91 Å². The first-order chi connectivity index (χ1) is 8.35. The monoisotopic (exact) mass is 293 g/mol. The Balaban J connectivity index is 2.15. The van der Waals surface area contributed by atoms with E-state index >= 15 is 0 Å². The second-order valence-corrected chi connectivity index (χ2v) is 5.78. The Morgan fingerprint density at radius 1 is 1.50 bits per heavy atom. The first-order valence-electron chi connectivity index (χ1n) is 5.05. The number of anilines is 1. The molecule has 0 spiro atoms. The van der Waals surface area contributed by atoms with Crippen molar-refractivity contribution in [2.75, 3.05) is 17.2 Å². The van der Waals surface area contributed by atoms with Gasteiger partial charge in [-0.1, -0.05) is 11.6 Å². The molecule has 1 saturated heterocycles. The van der Waals surface area contributed by atoms with E-state index in [1.54, 1.807) is 0 Å². The molecule has 1 aliphatic rings.